The van der Waals surface area contributed by atoms with E-state index in [1.54, 1.807) is 0 Å². The topological polar surface area (TPSA) is 40.5 Å². The molecule has 1 amide bonds. The summed E-state index contributed by atoms with van der Waals surface area (Å²) in [6, 6.07) is 6.53. The molecule has 1 fully saturated rings. The van der Waals surface area contributed by atoms with Crippen molar-refractivity contribution < 1.29 is 9.90 Å². The highest BCUT2D eigenvalue weighted by molar-refractivity contribution is 5.79. The first-order valence-corrected chi connectivity index (χ1v) is 7.08. The molecule has 1 saturated carbocycles. The molecule has 1 aliphatic carbocycles. The minimum absolute atomic E-state index is 0.0508. The van der Waals surface area contributed by atoms with Gasteiger partial charge < -0.3 is 10.0 Å². The number of benzene rings is 1. The third-order valence-electron chi connectivity index (χ3n) is 4.10. The molecule has 0 radical (unpaired) electrons. The Morgan fingerprint density at radius 2 is 2.05 bits per heavy atom. The number of aryl methyl sites for hydroxylation is 2. The molecule has 0 heterocycles. The van der Waals surface area contributed by atoms with Crippen LogP contribution in [-0.2, 0) is 11.2 Å². The largest absolute Gasteiger partial charge is 0.395 e. The van der Waals surface area contributed by atoms with E-state index in [0.29, 0.717) is 19.0 Å². The van der Waals surface area contributed by atoms with Crippen molar-refractivity contribution in [1.29, 1.82) is 0 Å². The Morgan fingerprint density at radius 1 is 1.32 bits per heavy atom. The number of carbonyl (C=O) groups is 1. The van der Waals surface area contributed by atoms with Crippen LogP contribution in [0.3, 0.4) is 0 Å². The summed E-state index contributed by atoms with van der Waals surface area (Å²) < 4.78 is 0. The van der Waals surface area contributed by atoms with Gasteiger partial charge in [-0.1, -0.05) is 18.2 Å². The number of hydrogen-bond donors (Lipinski definition) is 1. The van der Waals surface area contributed by atoms with Crippen LogP contribution in [-0.4, -0.2) is 35.1 Å². The van der Waals surface area contributed by atoms with Gasteiger partial charge in [0.2, 0.25) is 5.91 Å². The average molecular weight is 261 g/mol. The zero-order valence-electron chi connectivity index (χ0n) is 11.9. The van der Waals surface area contributed by atoms with Crippen LogP contribution < -0.4 is 0 Å². The molecule has 1 aromatic carbocycles. The predicted molar refractivity (Wildman–Crippen MR) is 76.1 cm³/mol. The molecule has 0 spiro atoms. The number of hydrogen-bond acceptors (Lipinski definition) is 2. The van der Waals surface area contributed by atoms with Crippen molar-refractivity contribution in [3.05, 3.63) is 34.9 Å². The fourth-order valence-electron chi connectivity index (χ4n) is 2.51. The van der Waals surface area contributed by atoms with Gasteiger partial charge in [0.05, 0.1) is 13.0 Å². The molecule has 0 saturated heterocycles. The SMILES string of the molecule is Cc1ccc(CC(=O)N(CCO)C2CCC2)cc1C. The van der Waals surface area contributed by atoms with Crippen LogP contribution in [0.2, 0.25) is 0 Å². The van der Waals surface area contributed by atoms with E-state index in [4.69, 9.17) is 5.11 Å². The van der Waals surface area contributed by atoms with Crippen LogP contribution in [0, 0.1) is 13.8 Å². The molecule has 0 bridgehead atoms. The van der Waals surface area contributed by atoms with Crippen molar-refractivity contribution in [3.8, 4) is 0 Å². The maximum Gasteiger partial charge on any atom is 0.227 e. The van der Waals surface area contributed by atoms with Crippen LogP contribution >= 0.6 is 0 Å². The third-order valence-corrected chi connectivity index (χ3v) is 4.10. The monoisotopic (exact) mass is 261 g/mol. The molecule has 3 heteroatoms. The first-order chi connectivity index (χ1) is 9.11. The maximum absolute atomic E-state index is 12.3. The second-order valence-corrected chi connectivity index (χ2v) is 5.49. The average Bonchev–Trinajstić information content (AvgIpc) is 2.31. The van der Waals surface area contributed by atoms with Crippen molar-refractivity contribution in [1.82, 2.24) is 4.90 Å². The van der Waals surface area contributed by atoms with Crippen LogP contribution in [0.1, 0.15) is 36.0 Å². The fourth-order valence-corrected chi connectivity index (χ4v) is 2.51. The summed E-state index contributed by atoms with van der Waals surface area (Å²) in [5, 5.41) is 9.11. The normalized spacial score (nSPS) is 15.1. The molecule has 0 atom stereocenters. The van der Waals surface area contributed by atoms with E-state index in [9.17, 15) is 4.79 Å². The molecule has 0 aromatic heterocycles. The van der Waals surface area contributed by atoms with Gasteiger partial charge in [0.15, 0.2) is 0 Å². The van der Waals surface area contributed by atoms with Crippen molar-refractivity contribution in [3.63, 3.8) is 0 Å². The van der Waals surface area contributed by atoms with E-state index in [0.717, 1.165) is 18.4 Å². The van der Waals surface area contributed by atoms with Gasteiger partial charge in [-0.25, -0.2) is 0 Å². The Kier molecular flexibility index (Phi) is 4.59. The van der Waals surface area contributed by atoms with Crippen LogP contribution in [0.4, 0.5) is 0 Å². The number of amides is 1. The zero-order valence-corrected chi connectivity index (χ0v) is 11.9. The summed E-state index contributed by atoms with van der Waals surface area (Å²) in [5.74, 6) is 0.141. The Hall–Kier alpha value is -1.35. The van der Waals surface area contributed by atoms with E-state index >= 15 is 0 Å². The first kappa shape index (κ1) is 14.1. The Morgan fingerprint density at radius 3 is 2.58 bits per heavy atom. The number of aliphatic hydroxyl groups is 1. The summed E-state index contributed by atoms with van der Waals surface area (Å²) in [7, 11) is 0. The Balaban J connectivity index is 2.03. The van der Waals surface area contributed by atoms with Gasteiger partial charge in [-0.05, 0) is 49.8 Å². The van der Waals surface area contributed by atoms with Crippen LogP contribution in [0.5, 0.6) is 0 Å². The first-order valence-electron chi connectivity index (χ1n) is 7.08. The second kappa shape index (κ2) is 6.20. The Labute approximate surface area is 115 Å². The quantitative estimate of drug-likeness (QED) is 0.883. The molecule has 3 nitrogen and oxygen atoms in total. The molecular formula is C16H23NO2. The molecule has 1 aromatic rings. The number of aliphatic hydroxyl groups excluding tert-OH is 1. The predicted octanol–water partition coefficient (Wildman–Crippen LogP) is 2.22. The van der Waals surface area contributed by atoms with Crippen LogP contribution in [0.25, 0.3) is 0 Å². The van der Waals surface area contributed by atoms with Gasteiger partial charge in [-0.2, -0.15) is 0 Å². The van der Waals surface area contributed by atoms with Crippen molar-refractivity contribution >= 4 is 5.91 Å². The summed E-state index contributed by atoms with van der Waals surface area (Å²) >= 11 is 0. The highest BCUT2D eigenvalue weighted by Crippen LogP contribution is 2.25. The highest BCUT2D eigenvalue weighted by atomic mass is 16.3. The van der Waals surface area contributed by atoms with Gasteiger partial charge in [-0.15, -0.1) is 0 Å². The lowest BCUT2D eigenvalue weighted by Crippen LogP contribution is -2.46. The zero-order chi connectivity index (χ0) is 13.8. The van der Waals surface area contributed by atoms with E-state index in [1.807, 2.05) is 11.0 Å². The van der Waals surface area contributed by atoms with Crippen molar-refractivity contribution in [2.75, 3.05) is 13.2 Å². The summed E-state index contributed by atoms with van der Waals surface area (Å²) in [4.78, 5) is 14.2. The smallest absolute Gasteiger partial charge is 0.227 e. The van der Waals surface area contributed by atoms with Gasteiger partial charge in [-0.3, -0.25) is 4.79 Å². The molecule has 0 aliphatic heterocycles. The molecule has 104 valence electrons. The lowest BCUT2D eigenvalue weighted by molar-refractivity contribution is -0.135. The minimum Gasteiger partial charge on any atom is -0.395 e. The van der Waals surface area contributed by atoms with E-state index in [-0.39, 0.29) is 12.5 Å². The van der Waals surface area contributed by atoms with Crippen molar-refractivity contribution in [2.45, 2.75) is 45.6 Å². The molecule has 19 heavy (non-hydrogen) atoms. The fraction of sp³-hybridized carbons (Fsp3) is 0.562. The Bertz CT molecular complexity index is 452. The van der Waals surface area contributed by atoms with E-state index < -0.39 is 0 Å². The van der Waals surface area contributed by atoms with Gasteiger partial charge in [0.1, 0.15) is 0 Å². The third kappa shape index (κ3) is 3.35. The number of nitrogens with zero attached hydrogens (tertiary/aromatic N) is 1. The number of carbonyl (C=O) groups excluding carboxylic acids is 1. The number of rotatable bonds is 5. The van der Waals surface area contributed by atoms with Gasteiger partial charge >= 0.3 is 0 Å². The lowest BCUT2D eigenvalue weighted by Gasteiger charge is -2.37. The van der Waals surface area contributed by atoms with Gasteiger partial charge in [0.25, 0.3) is 0 Å². The summed E-state index contributed by atoms with van der Waals surface area (Å²) in [5.41, 5.74) is 3.54. The van der Waals surface area contributed by atoms with Crippen molar-refractivity contribution in [2.24, 2.45) is 0 Å². The molecule has 1 aliphatic rings. The second-order valence-electron chi connectivity index (χ2n) is 5.49. The maximum atomic E-state index is 12.3. The molecule has 1 N–H and O–H groups in total. The molecular weight excluding hydrogens is 238 g/mol. The lowest BCUT2D eigenvalue weighted by atomic mass is 9.91. The van der Waals surface area contributed by atoms with Gasteiger partial charge in [0, 0.05) is 12.6 Å². The summed E-state index contributed by atoms with van der Waals surface area (Å²) in [6.07, 6.45) is 3.80. The summed E-state index contributed by atoms with van der Waals surface area (Å²) in [6.45, 7) is 4.66. The standard InChI is InChI=1S/C16H23NO2/c1-12-6-7-14(10-13(12)2)11-16(19)17(8-9-18)15-4-3-5-15/h6-7,10,15,18H,3-5,8-9,11H2,1-2H3. The molecule has 2 rings (SSSR count). The van der Waals surface area contributed by atoms with E-state index in [2.05, 4.69) is 26.0 Å². The molecule has 0 unspecified atom stereocenters. The van der Waals surface area contributed by atoms with E-state index in [1.165, 1.54) is 17.5 Å². The van der Waals surface area contributed by atoms with Crippen LogP contribution in [0.15, 0.2) is 18.2 Å². The minimum atomic E-state index is 0.0508. The highest BCUT2D eigenvalue weighted by Gasteiger charge is 2.28.